The van der Waals surface area contributed by atoms with Gasteiger partial charge in [0.15, 0.2) is 11.0 Å². The Balaban J connectivity index is 1.98. The van der Waals surface area contributed by atoms with Gasteiger partial charge in [-0.3, -0.25) is 14.7 Å². The second-order valence-corrected chi connectivity index (χ2v) is 7.42. The molecule has 0 fully saturated rings. The lowest BCUT2D eigenvalue weighted by molar-refractivity contribution is -0.137. The van der Waals surface area contributed by atoms with Crippen molar-refractivity contribution in [3.8, 4) is 22.8 Å². The number of hydrogen-bond donors (Lipinski definition) is 1. The molecule has 0 bridgehead atoms. The normalized spacial score (nSPS) is 11.2. The fraction of sp³-hybridized carbons (Fsp3) is 0.238. The fourth-order valence-corrected chi connectivity index (χ4v) is 3.54. The Morgan fingerprint density at radius 1 is 1.12 bits per heavy atom. The molecule has 0 radical (unpaired) electrons. The van der Waals surface area contributed by atoms with Crippen molar-refractivity contribution in [1.29, 1.82) is 0 Å². The van der Waals surface area contributed by atoms with Crippen LogP contribution in [0.25, 0.3) is 17.1 Å². The Morgan fingerprint density at radius 2 is 1.85 bits per heavy atom. The molecule has 1 N–H and O–H groups in total. The van der Waals surface area contributed by atoms with Crippen molar-refractivity contribution in [2.45, 2.75) is 18.3 Å². The molecule has 0 saturated heterocycles. The quantitative estimate of drug-likeness (QED) is 0.503. The first-order valence-electron chi connectivity index (χ1n) is 9.59. The van der Waals surface area contributed by atoms with E-state index in [-0.39, 0.29) is 29.0 Å². The molecule has 3 aromatic rings. The van der Waals surface area contributed by atoms with Crippen LogP contribution < -0.4 is 10.1 Å². The number of methoxy groups -OCH3 is 1. The summed E-state index contributed by atoms with van der Waals surface area (Å²) in [5.74, 6) is -0.0270. The van der Waals surface area contributed by atoms with E-state index in [1.165, 1.54) is 23.8 Å². The van der Waals surface area contributed by atoms with Crippen molar-refractivity contribution in [2.24, 2.45) is 0 Å². The monoisotopic (exact) mass is 480 g/mol. The summed E-state index contributed by atoms with van der Waals surface area (Å²) in [4.78, 5) is 23.4. The number of rotatable bonds is 7. The smallest absolute Gasteiger partial charge is 0.416 e. The van der Waals surface area contributed by atoms with Gasteiger partial charge in [-0.1, -0.05) is 17.8 Å². The van der Waals surface area contributed by atoms with E-state index in [2.05, 4.69) is 14.9 Å². The van der Waals surface area contributed by atoms with Crippen LogP contribution in [-0.2, 0) is 15.7 Å². The molecule has 33 heavy (non-hydrogen) atoms. The lowest BCUT2D eigenvalue weighted by Gasteiger charge is -2.13. The van der Waals surface area contributed by atoms with E-state index in [9.17, 15) is 22.8 Å². The van der Waals surface area contributed by atoms with E-state index < -0.39 is 23.7 Å². The van der Waals surface area contributed by atoms with E-state index >= 15 is 0 Å². The van der Waals surface area contributed by atoms with Crippen molar-refractivity contribution in [3.05, 3.63) is 54.1 Å². The van der Waals surface area contributed by atoms with Gasteiger partial charge < -0.3 is 9.47 Å². The third-order valence-electron chi connectivity index (χ3n) is 4.26. The Kier molecular flexibility index (Phi) is 7.59. The molecule has 0 unspecified atom stereocenters. The Hall–Kier alpha value is -3.54. The van der Waals surface area contributed by atoms with Crippen molar-refractivity contribution < 1.29 is 32.2 Å². The minimum absolute atomic E-state index is 0.0986. The number of carbonyl (C=O) groups is 2. The molecule has 12 heteroatoms. The summed E-state index contributed by atoms with van der Waals surface area (Å²) in [6.07, 6.45) is -5.43. The van der Waals surface area contributed by atoms with Crippen LogP contribution in [0.5, 0.6) is 5.75 Å². The number of alkyl halides is 3. The highest BCUT2D eigenvalue weighted by molar-refractivity contribution is 7.99. The Bertz CT molecular complexity index is 1130. The van der Waals surface area contributed by atoms with Crippen LogP contribution in [0.15, 0.2) is 53.7 Å². The molecule has 0 aliphatic rings. The van der Waals surface area contributed by atoms with Crippen molar-refractivity contribution in [1.82, 2.24) is 20.1 Å². The Morgan fingerprint density at radius 3 is 2.48 bits per heavy atom. The van der Waals surface area contributed by atoms with Crippen LogP contribution in [0.3, 0.4) is 0 Å². The predicted molar refractivity (Wildman–Crippen MR) is 114 cm³/mol. The highest BCUT2D eigenvalue weighted by atomic mass is 32.2. The van der Waals surface area contributed by atoms with Crippen molar-refractivity contribution in [3.63, 3.8) is 0 Å². The molecule has 0 atom stereocenters. The van der Waals surface area contributed by atoms with E-state index in [0.717, 1.165) is 23.9 Å². The molecule has 2 aromatic carbocycles. The average molecular weight is 480 g/mol. The second-order valence-electron chi connectivity index (χ2n) is 6.48. The number of ether oxygens (including phenoxy) is 2. The number of alkyl carbamates (subject to hydrolysis) is 1. The average Bonchev–Trinajstić information content (AvgIpc) is 3.21. The second kappa shape index (κ2) is 10.4. The van der Waals surface area contributed by atoms with Crippen LogP contribution >= 0.6 is 11.8 Å². The zero-order chi connectivity index (χ0) is 24.0. The SMILES string of the molecule is CCOC(=O)NC(=O)CSc1nnc(-c2ccc(OC)cc2)n1-c1cccc(C(F)(F)F)c1. The first kappa shape index (κ1) is 24.1. The number of hydrogen-bond acceptors (Lipinski definition) is 7. The van der Waals surface area contributed by atoms with Gasteiger partial charge in [-0.2, -0.15) is 13.2 Å². The van der Waals surface area contributed by atoms with E-state index in [1.807, 2.05) is 5.32 Å². The molecule has 3 rings (SSSR count). The zero-order valence-electron chi connectivity index (χ0n) is 17.5. The van der Waals surface area contributed by atoms with Gasteiger partial charge >= 0.3 is 12.3 Å². The summed E-state index contributed by atoms with van der Waals surface area (Å²) in [6, 6.07) is 11.4. The van der Waals surface area contributed by atoms with Crippen LogP contribution in [-0.4, -0.2) is 46.2 Å². The third kappa shape index (κ3) is 6.04. The summed E-state index contributed by atoms with van der Waals surface area (Å²) in [5.41, 5.74) is -0.108. The summed E-state index contributed by atoms with van der Waals surface area (Å²) < 4.78 is 51.1. The van der Waals surface area contributed by atoms with Crippen LogP contribution in [0.4, 0.5) is 18.0 Å². The number of amides is 2. The van der Waals surface area contributed by atoms with Crippen LogP contribution in [0, 0.1) is 0 Å². The van der Waals surface area contributed by atoms with Gasteiger partial charge in [0.25, 0.3) is 0 Å². The first-order chi connectivity index (χ1) is 15.7. The molecule has 0 aliphatic carbocycles. The van der Waals surface area contributed by atoms with Crippen molar-refractivity contribution in [2.75, 3.05) is 19.5 Å². The topological polar surface area (TPSA) is 95.3 Å². The fourth-order valence-electron chi connectivity index (χ4n) is 2.79. The predicted octanol–water partition coefficient (Wildman–Crippen LogP) is 4.33. The molecule has 8 nitrogen and oxygen atoms in total. The number of nitrogens with one attached hydrogen (secondary N) is 1. The zero-order valence-corrected chi connectivity index (χ0v) is 18.4. The van der Waals surface area contributed by atoms with Gasteiger partial charge in [0.2, 0.25) is 5.91 Å². The highest BCUT2D eigenvalue weighted by Crippen LogP contribution is 2.33. The maximum Gasteiger partial charge on any atom is 0.416 e. The third-order valence-corrected chi connectivity index (χ3v) is 5.19. The van der Waals surface area contributed by atoms with Gasteiger partial charge in [-0.05, 0) is 49.4 Å². The molecule has 2 amide bonds. The summed E-state index contributed by atoms with van der Waals surface area (Å²) in [7, 11) is 1.51. The first-order valence-corrected chi connectivity index (χ1v) is 10.6. The number of halogens is 3. The standard InChI is InChI=1S/C21H19F3N4O4S/c1-3-32-20(30)25-17(29)12-33-19-27-26-18(13-7-9-16(31-2)10-8-13)28(19)15-6-4-5-14(11-15)21(22,23)24/h4-11H,3,12H2,1-2H3,(H,25,29,30). The number of thioether (sulfide) groups is 1. The molecular formula is C21H19F3N4O4S. The minimum Gasteiger partial charge on any atom is -0.497 e. The summed E-state index contributed by atoms with van der Waals surface area (Å²) >= 11 is 0.910. The molecule has 0 spiro atoms. The number of aromatic nitrogens is 3. The Labute approximate surface area is 191 Å². The number of carbonyl (C=O) groups excluding carboxylic acids is 2. The van der Waals surface area contributed by atoms with E-state index in [0.29, 0.717) is 11.3 Å². The molecule has 0 aliphatic heterocycles. The van der Waals surface area contributed by atoms with Gasteiger partial charge in [0, 0.05) is 5.56 Å². The number of benzene rings is 2. The minimum atomic E-state index is -4.54. The molecule has 174 valence electrons. The van der Waals surface area contributed by atoms with Gasteiger partial charge in [0.05, 0.1) is 30.7 Å². The summed E-state index contributed by atoms with van der Waals surface area (Å²) in [5, 5.41) is 10.4. The van der Waals surface area contributed by atoms with Crippen molar-refractivity contribution >= 4 is 23.8 Å². The maximum absolute atomic E-state index is 13.3. The molecule has 1 aromatic heterocycles. The molecule has 1 heterocycles. The molecule has 0 saturated carbocycles. The van der Waals surface area contributed by atoms with Gasteiger partial charge in [-0.15, -0.1) is 10.2 Å². The largest absolute Gasteiger partial charge is 0.497 e. The van der Waals surface area contributed by atoms with Crippen LogP contribution in [0.2, 0.25) is 0 Å². The van der Waals surface area contributed by atoms with Gasteiger partial charge in [0.1, 0.15) is 5.75 Å². The van der Waals surface area contributed by atoms with E-state index in [4.69, 9.17) is 4.74 Å². The van der Waals surface area contributed by atoms with E-state index in [1.54, 1.807) is 31.2 Å². The summed E-state index contributed by atoms with van der Waals surface area (Å²) in [6.45, 7) is 1.69. The van der Waals surface area contributed by atoms with Crippen LogP contribution in [0.1, 0.15) is 12.5 Å². The molecular weight excluding hydrogens is 461 g/mol. The number of nitrogens with zero attached hydrogens (tertiary/aromatic N) is 3. The lowest BCUT2D eigenvalue weighted by atomic mass is 10.1. The maximum atomic E-state index is 13.3. The highest BCUT2D eigenvalue weighted by Gasteiger charge is 2.31. The number of imide groups is 1. The lowest BCUT2D eigenvalue weighted by Crippen LogP contribution is -2.32. The van der Waals surface area contributed by atoms with Gasteiger partial charge in [-0.25, -0.2) is 4.79 Å².